The van der Waals surface area contributed by atoms with Crippen molar-refractivity contribution in [1.82, 2.24) is 19.9 Å². The lowest BCUT2D eigenvalue weighted by molar-refractivity contribution is -0.121. The Bertz CT molecular complexity index is 863. The molecule has 0 aliphatic rings. The van der Waals surface area contributed by atoms with Crippen molar-refractivity contribution in [2.45, 2.75) is 19.3 Å². The van der Waals surface area contributed by atoms with E-state index in [9.17, 15) is 4.79 Å². The normalized spacial score (nSPS) is 10.9. The maximum Gasteiger partial charge on any atom is 0.220 e. The van der Waals surface area contributed by atoms with Crippen molar-refractivity contribution in [3.8, 4) is 0 Å². The monoisotopic (exact) mass is 362 g/mol. The molecule has 0 unspecified atom stereocenters. The fourth-order valence-corrected chi connectivity index (χ4v) is 2.94. The molecule has 3 rings (SSSR count). The van der Waals surface area contributed by atoms with Crippen molar-refractivity contribution in [2.75, 3.05) is 6.54 Å². The van der Waals surface area contributed by atoms with Gasteiger partial charge in [0.1, 0.15) is 5.82 Å². The third-order valence-corrected chi connectivity index (χ3v) is 4.28. The third-order valence-electron chi connectivity index (χ3n) is 3.69. The van der Waals surface area contributed by atoms with Gasteiger partial charge >= 0.3 is 0 Å². The Kier molecular flexibility index (Phi) is 5.33. The second-order valence-corrected chi connectivity index (χ2v) is 6.22. The summed E-state index contributed by atoms with van der Waals surface area (Å²) in [5, 5.41) is 12.3. The lowest BCUT2D eigenvalue weighted by atomic mass is 10.1. The van der Waals surface area contributed by atoms with E-state index in [1.807, 2.05) is 34.9 Å². The van der Waals surface area contributed by atoms with Gasteiger partial charge in [-0.15, -0.1) is 10.2 Å². The molecule has 1 aromatic carbocycles. The SMILES string of the molecule is O=C(CCc1ccc(Cl)cc1Cl)NCCc1nnc2ccccn12. The first-order chi connectivity index (χ1) is 11.6. The molecule has 0 radical (unpaired) electrons. The Morgan fingerprint density at radius 1 is 1.12 bits per heavy atom. The van der Waals surface area contributed by atoms with Gasteiger partial charge in [0.15, 0.2) is 5.65 Å². The zero-order chi connectivity index (χ0) is 16.9. The Morgan fingerprint density at radius 3 is 2.83 bits per heavy atom. The number of aryl methyl sites for hydroxylation is 1. The van der Waals surface area contributed by atoms with E-state index in [0.29, 0.717) is 35.9 Å². The van der Waals surface area contributed by atoms with Crippen LogP contribution in [-0.4, -0.2) is 27.0 Å². The summed E-state index contributed by atoms with van der Waals surface area (Å²) < 4.78 is 1.92. The largest absolute Gasteiger partial charge is 0.356 e. The second-order valence-electron chi connectivity index (χ2n) is 5.38. The quantitative estimate of drug-likeness (QED) is 0.731. The molecule has 0 saturated heterocycles. The average molecular weight is 363 g/mol. The van der Waals surface area contributed by atoms with Crippen molar-refractivity contribution in [2.24, 2.45) is 0 Å². The van der Waals surface area contributed by atoms with Gasteiger partial charge in [0, 0.05) is 35.6 Å². The van der Waals surface area contributed by atoms with Gasteiger partial charge in [0.2, 0.25) is 5.91 Å². The molecule has 1 N–H and O–H groups in total. The minimum Gasteiger partial charge on any atom is -0.356 e. The first kappa shape index (κ1) is 16.7. The number of hydrogen-bond donors (Lipinski definition) is 1. The molecule has 7 heteroatoms. The van der Waals surface area contributed by atoms with Crippen LogP contribution in [0, 0.1) is 0 Å². The molecule has 24 heavy (non-hydrogen) atoms. The number of halogens is 2. The number of benzene rings is 1. The Balaban J connectivity index is 1.47. The van der Waals surface area contributed by atoms with Crippen molar-refractivity contribution in [3.05, 3.63) is 64.0 Å². The number of carbonyl (C=O) groups excluding carboxylic acids is 1. The number of nitrogens with zero attached hydrogens (tertiary/aromatic N) is 3. The van der Waals surface area contributed by atoms with E-state index < -0.39 is 0 Å². The topological polar surface area (TPSA) is 59.3 Å². The maximum absolute atomic E-state index is 12.0. The van der Waals surface area contributed by atoms with Gasteiger partial charge in [-0.2, -0.15) is 0 Å². The van der Waals surface area contributed by atoms with Gasteiger partial charge in [0.25, 0.3) is 0 Å². The predicted octanol–water partition coefficient (Wildman–Crippen LogP) is 3.33. The lowest BCUT2D eigenvalue weighted by Crippen LogP contribution is -2.26. The maximum atomic E-state index is 12.0. The zero-order valence-corrected chi connectivity index (χ0v) is 14.4. The van der Waals surface area contributed by atoms with Crippen LogP contribution in [0.4, 0.5) is 0 Å². The molecule has 1 amide bonds. The number of rotatable bonds is 6. The van der Waals surface area contributed by atoms with Gasteiger partial charge in [-0.05, 0) is 36.2 Å². The number of nitrogens with one attached hydrogen (secondary N) is 1. The van der Waals surface area contributed by atoms with Crippen LogP contribution in [0.2, 0.25) is 10.0 Å². The summed E-state index contributed by atoms with van der Waals surface area (Å²) in [6.07, 6.45) is 3.49. The summed E-state index contributed by atoms with van der Waals surface area (Å²) in [6, 6.07) is 11.0. The highest BCUT2D eigenvalue weighted by Crippen LogP contribution is 2.21. The smallest absolute Gasteiger partial charge is 0.220 e. The molecule has 0 aliphatic carbocycles. The molecule has 0 aliphatic heterocycles. The first-order valence-electron chi connectivity index (χ1n) is 7.63. The van der Waals surface area contributed by atoms with Crippen LogP contribution in [0.3, 0.4) is 0 Å². The van der Waals surface area contributed by atoms with E-state index in [-0.39, 0.29) is 5.91 Å². The van der Waals surface area contributed by atoms with Gasteiger partial charge in [-0.25, -0.2) is 0 Å². The number of hydrogen-bond acceptors (Lipinski definition) is 3. The fraction of sp³-hybridized carbons (Fsp3) is 0.235. The fourth-order valence-electron chi connectivity index (χ4n) is 2.44. The Morgan fingerprint density at radius 2 is 2.00 bits per heavy atom. The summed E-state index contributed by atoms with van der Waals surface area (Å²) in [5.74, 6) is 0.807. The first-order valence-corrected chi connectivity index (χ1v) is 8.38. The van der Waals surface area contributed by atoms with Crippen LogP contribution < -0.4 is 5.32 Å². The van der Waals surface area contributed by atoms with E-state index in [4.69, 9.17) is 23.2 Å². The predicted molar refractivity (Wildman–Crippen MR) is 94.5 cm³/mol. The number of pyridine rings is 1. The molecule has 2 aromatic heterocycles. The van der Waals surface area contributed by atoms with Crippen molar-refractivity contribution < 1.29 is 4.79 Å². The Labute approximate surface area is 149 Å². The summed E-state index contributed by atoms with van der Waals surface area (Å²) in [7, 11) is 0. The van der Waals surface area contributed by atoms with Crippen LogP contribution in [0.5, 0.6) is 0 Å². The van der Waals surface area contributed by atoms with E-state index in [0.717, 1.165) is 17.0 Å². The summed E-state index contributed by atoms with van der Waals surface area (Å²) >= 11 is 12.0. The van der Waals surface area contributed by atoms with Crippen LogP contribution in [0.25, 0.3) is 5.65 Å². The van der Waals surface area contributed by atoms with Crippen LogP contribution in [0.1, 0.15) is 17.8 Å². The molecule has 0 saturated carbocycles. The molecule has 3 aromatic rings. The van der Waals surface area contributed by atoms with Crippen LogP contribution in [0.15, 0.2) is 42.6 Å². The summed E-state index contributed by atoms with van der Waals surface area (Å²) in [6.45, 7) is 0.517. The second kappa shape index (κ2) is 7.64. The van der Waals surface area contributed by atoms with Crippen LogP contribution in [-0.2, 0) is 17.6 Å². The molecule has 124 valence electrons. The molecular formula is C17H16Cl2N4O. The number of carbonyl (C=O) groups is 1. The van der Waals surface area contributed by atoms with Crippen molar-refractivity contribution >= 4 is 34.8 Å². The molecule has 5 nitrogen and oxygen atoms in total. The van der Waals surface area contributed by atoms with Gasteiger partial charge in [-0.1, -0.05) is 35.3 Å². The molecule has 0 fully saturated rings. The van der Waals surface area contributed by atoms with Gasteiger partial charge in [0.05, 0.1) is 0 Å². The molecule has 2 heterocycles. The van der Waals surface area contributed by atoms with Crippen LogP contribution >= 0.6 is 23.2 Å². The van der Waals surface area contributed by atoms with E-state index >= 15 is 0 Å². The standard InChI is InChI=1S/C17H16Cl2N4O/c18-13-6-4-12(14(19)11-13)5-7-17(24)20-9-8-16-22-21-15-3-1-2-10-23(15)16/h1-4,6,10-11H,5,7-9H2,(H,20,24). The number of aromatic nitrogens is 3. The van der Waals surface area contributed by atoms with Gasteiger partial charge < -0.3 is 5.32 Å². The third kappa shape index (κ3) is 4.04. The van der Waals surface area contributed by atoms with E-state index in [2.05, 4.69) is 15.5 Å². The highest BCUT2D eigenvalue weighted by Gasteiger charge is 2.08. The molecule has 0 spiro atoms. The molecule has 0 atom stereocenters. The van der Waals surface area contributed by atoms with E-state index in [1.54, 1.807) is 12.1 Å². The summed E-state index contributed by atoms with van der Waals surface area (Å²) in [5.41, 5.74) is 1.72. The minimum atomic E-state index is -0.0187. The highest BCUT2D eigenvalue weighted by molar-refractivity contribution is 6.35. The summed E-state index contributed by atoms with van der Waals surface area (Å²) in [4.78, 5) is 12.0. The molecule has 0 bridgehead atoms. The zero-order valence-electron chi connectivity index (χ0n) is 12.9. The lowest BCUT2D eigenvalue weighted by Gasteiger charge is -2.06. The highest BCUT2D eigenvalue weighted by atomic mass is 35.5. The van der Waals surface area contributed by atoms with Crippen molar-refractivity contribution in [1.29, 1.82) is 0 Å². The number of fused-ring (bicyclic) bond motifs is 1. The van der Waals surface area contributed by atoms with Crippen molar-refractivity contribution in [3.63, 3.8) is 0 Å². The minimum absolute atomic E-state index is 0.0187. The van der Waals surface area contributed by atoms with Gasteiger partial charge in [-0.3, -0.25) is 9.20 Å². The Hall–Kier alpha value is -2.11. The molecular weight excluding hydrogens is 347 g/mol. The van der Waals surface area contributed by atoms with E-state index in [1.165, 1.54) is 0 Å². The number of amides is 1. The average Bonchev–Trinajstić information content (AvgIpc) is 2.97.